The molecule has 0 saturated carbocycles. The van der Waals surface area contributed by atoms with Crippen LogP contribution in [0.4, 0.5) is 0 Å². The highest BCUT2D eigenvalue weighted by molar-refractivity contribution is 4.90. The van der Waals surface area contributed by atoms with E-state index in [9.17, 15) is 5.11 Å². The zero-order valence-electron chi connectivity index (χ0n) is 9.17. The molecule has 0 spiro atoms. The number of ether oxygens (including phenoxy) is 1. The maximum atomic E-state index is 10.1. The highest BCUT2D eigenvalue weighted by Gasteiger charge is 2.39. The highest BCUT2D eigenvalue weighted by atomic mass is 16.5. The molecule has 1 heterocycles. The van der Waals surface area contributed by atoms with E-state index in [0.29, 0.717) is 13.2 Å². The van der Waals surface area contributed by atoms with Crippen molar-refractivity contribution in [2.24, 2.45) is 11.1 Å². The smallest absolute Gasteiger partial charge is 0.0631 e. The van der Waals surface area contributed by atoms with Crippen LogP contribution in [0, 0.1) is 5.41 Å². The fraction of sp³-hybridized carbons (Fsp3) is 1.00. The first-order valence-electron chi connectivity index (χ1n) is 5.71. The second-order valence-corrected chi connectivity index (χ2v) is 4.38. The highest BCUT2D eigenvalue weighted by Crippen LogP contribution is 2.33. The molecule has 0 radical (unpaired) electrons. The number of unbranched alkanes of at least 4 members (excludes halogenated alkanes) is 2. The lowest BCUT2D eigenvalue weighted by molar-refractivity contribution is 0.0134. The molecule has 3 N–H and O–H groups in total. The van der Waals surface area contributed by atoms with Crippen LogP contribution >= 0.6 is 0 Å². The predicted octanol–water partition coefficient (Wildman–Crippen LogP) is 1.29. The Kier molecular flexibility index (Phi) is 4.85. The van der Waals surface area contributed by atoms with E-state index < -0.39 is 0 Å². The van der Waals surface area contributed by atoms with Crippen LogP contribution in [-0.4, -0.2) is 31.0 Å². The number of rotatable bonds is 6. The van der Waals surface area contributed by atoms with Gasteiger partial charge >= 0.3 is 0 Å². The minimum Gasteiger partial charge on any atom is -0.392 e. The normalized spacial score (nSPS) is 29.4. The Bertz CT molecular complexity index is 155. The van der Waals surface area contributed by atoms with Crippen molar-refractivity contribution in [3.05, 3.63) is 0 Å². The van der Waals surface area contributed by atoms with Crippen molar-refractivity contribution in [1.29, 1.82) is 0 Å². The molecule has 3 nitrogen and oxygen atoms in total. The van der Waals surface area contributed by atoms with Crippen LogP contribution in [0.25, 0.3) is 0 Å². The van der Waals surface area contributed by atoms with E-state index in [2.05, 4.69) is 6.92 Å². The van der Waals surface area contributed by atoms with Gasteiger partial charge in [0.1, 0.15) is 0 Å². The van der Waals surface area contributed by atoms with Crippen LogP contribution in [0.2, 0.25) is 0 Å². The zero-order chi connectivity index (χ0) is 10.4. The SMILES string of the molecule is CCCCCC(O)C1(CN)CCOC1. The summed E-state index contributed by atoms with van der Waals surface area (Å²) in [5.41, 5.74) is 5.59. The van der Waals surface area contributed by atoms with Gasteiger partial charge in [-0.2, -0.15) is 0 Å². The summed E-state index contributed by atoms with van der Waals surface area (Å²) in [5, 5.41) is 10.1. The van der Waals surface area contributed by atoms with Gasteiger partial charge in [-0.1, -0.05) is 26.2 Å². The lowest BCUT2D eigenvalue weighted by Crippen LogP contribution is -2.42. The molecule has 0 amide bonds. The second-order valence-electron chi connectivity index (χ2n) is 4.38. The molecular weight excluding hydrogens is 178 g/mol. The number of nitrogens with two attached hydrogens (primary N) is 1. The van der Waals surface area contributed by atoms with Crippen LogP contribution in [0.5, 0.6) is 0 Å². The average Bonchev–Trinajstić information content (AvgIpc) is 2.67. The summed E-state index contributed by atoms with van der Waals surface area (Å²) >= 11 is 0. The number of hydrogen-bond donors (Lipinski definition) is 2. The molecule has 0 bridgehead atoms. The van der Waals surface area contributed by atoms with E-state index in [0.717, 1.165) is 25.9 Å². The average molecular weight is 201 g/mol. The Balaban J connectivity index is 2.35. The summed E-state index contributed by atoms with van der Waals surface area (Å²) in [6.45, 7) is 4.10. The first-order chi connectivity index (χ1) is 6.75. The zero-order valence-corrected chi connectivity index (χ0v) is 9.17. The van der Waals surface area contributed by atoms with Gasteiger partial charge in [-0.3, -0.25) is 0 Å². The largest absolute Gasteiger partial charge is 0.392 e. The van der Waals surface area contributed by atoms with E-state index in [4.69, 9.17) is 10.5 Å². The van der Waals surface area contributed by atoms with Gasteiger partial charge in [0.15, 0.2) is 0 Å². The van der Waals surface area contributed by atoms with Crippen molar-refractivity contribution in [2.75, 3.05) is 19.8 Å². The van der Waals surface area contributed by atoms with Crippen molar-refractivity contribution in [1.82, 2.24) is 0 Å². The van der Waals surface area contributed by atoms with Crippen LogP contribution in [0.3, 0.4) is 0 Å². The minimum absolute atomic E-state index is 0.145. The molecule has 14 heavy (non-hydrogen) atoms. The lowest BCUT2D eigenvalue weighted by atomic mass is 9.79. The molecule has 0 aliphatic carbocycles. The maximum Gasteiger partial charge on any atom is 0.0631 e. The van der Waals surface area contributed by atoms with Crippen molar-refractivity contribution in [3.63, 3.8) is 0 Å². The Morgan fingerprint density at radius 1 is 1.50 bits per heavy atom. The molecule has 0 aromatic rings. The summed E-state index contributed by atoms with van der Waals surface area (Å²) in [4.78, 5) is 0. The third kappa shape index (κ3) is 2.69. The minimum atomic E-state index is -0.276. The Morgan fingerprint density at radius 2 is 2.29 bits per heavy atom. The van der Waals surface area contributed by atoms with Crippen molar-refractivity contribution >= 4 is 0 Å². The van der Waals surface area contributed by atoms with Crippen molar-refractivity contribution in [3.8, 4) is 0 Å². The van der Waals surface area contributed by atoms with Gasteiger partial charge in [0.2, 0.25) is 0 Å². The Hall–Kier alpha value is -0.120. The van der Waals surface area contributed by atoms with Gasteiger partial charge in [0.25, 0.3) is 0 Å². The fourth-order valence-electron chi connectivity index (χ4n) is 2.08. The first kappa shape index (κ1) is 12.0. The predicted molar refractivity (Wildman–Crippen MR) is 57.1 cm³/mol. The topological polar surface area (TPSA) is 55.5 Å². The molecule has 1 saturated heterocycles. The molecule has 1 aliphatic heterocycles. The van der Waals surface area contributed by atoms with Crippen molar-refractivity contribution < 1.29 is 9.84 Å². The Labute approximate surface area is 86.6 Å². The molecule has 2 atom stereocenters. The summed E-state index contributed by atoms with van der Waals surface area (Å²) in [5.74, 6) is 0. The summed E-state index contributed by atoms with van der Waals surface area (Å²) in [6, 6.07) is 0. The third-order valence-electron chi connectivity index (χ3n) is 3.33. The van der Waals surface area contributed by atoms with E-state index in [-0.39, 0.29) is 11.5 Å². The fourth-order valence-corrected chi connectivity index (χ4v) is 2.08. The van der Waals surface area contributed by atoms with Gasteiger partial charge < -0.3 is 15.6 Å². The summed E-state index contributed by atoms with van der Waals surface area (Å²) < 4.78 is 5.34. The van der Waals surface area contributed by atoms with Gasteiger partial charge in [-0.05, 0) is 12.8 Å². The molecule has 84 valence electrons. The lowest BCUT2D eigenvalue weighted by Gasteiger charge is -2.31. The standard InChI is InChI=1S/C11H23NO2/c1-2-3-4-5-10(13)11(8-12)6-7-14-9-11/h10,13H,2-9,12H2,1H3. The van der Waals surface area contributed by atoms with Gasteiger partial charge in [-0.25, -0.2) is 0 Å². The summed E-state index contributed by atoms with van der Waals surface area (Å²) in [6.07, 6.45) is 4.99. The van der Waals surface area contributed by atoms with Crippen molar-refractivity contribution in [2.45, 2.75) is 45.1 Å². The quantitative estimate of drug-likeness (QED) is 0.637. The molecule has 0 aromatic heterocycles. The molecule has 1 aliphatic rings. The first-order valence-corrected chi connectivity index (χ1v) is 5.71. The third-order valence-corrected chi connectivity index (χ3v) is 3.33. The van der Waals surface area contributed by atoms with Gasteiger partial charge in [-0.15, -0.1) is 0 Å². The monoisotopic (exact) mass is 201 g/mol. The van der Waals surface area contributed by atoms with E-state index >= 15 is 0 Å². The van der Waals surface area contributed by atoms with Gasteiger partial charge in [0.05, 0.1) is 12.7 Å². The molecule has 1 fully saturated rings. The molecule has 3 heteroatoms. The number of aliphatic hydroxyl groups is 1. The number of aliphatic hydroxyl groups excluding tert-OH is 1. The second kappa shape index (κ2) is 5.69. The van der Waals surface area contributed by atoms with Crippen LogP contribution in [-0.2, 0) is 4.74 Å². The van der Waals surface area contributed by atoms with Crippen LogP contribution < -0.4 is 5.73 Å². The maximum absolute atomic E-state index is 10.1. The van der Waals surface area contributed by atoms with Crippen LogP contribution in [0.15, 0.2) is 0 Å². The molecular formula is C11H23NO2. The Morgan fingerprint density at radius 3 is 2.79 bits per heavy atom. The van der Waals surface area contributed by atoms with Gasteiger partial charge in [0, 0.05) is 18.6 Å². The molecule has 0 aromatic carbocycles. The molecule has 1 rings (SSSR count). The van der Waals surface area contributed by atoms with E-state index in [1.54, 1.807) is 0 Å². The van der Waals surface area contributed by atoms with E-state index in [1.165, 1.54) is 12.8 Å². The van der Waals surface area contributed by atoms with E-state index in [1.807, 2.05) is 0 Å². The number of hydrogen-bond acceptors (Lipinski definition) is 3. The van der Waals surface area contributed by atoms with Crippen LogP contribution in [0.1, 0.15) is 39.0 Å². The summed E-state index contributed by atoms with van der Waals surface area (Å²) in [7, 11) is 0. The molecule has 2 unspecified atom stereocenters.